The van der Waals surface area contributed by atoms with Gasteiger partial charge in [-0.25, -0.2) is 9.97 Å². The maximum absolute atomic E-state index is 13.8. The van der Waals surface area contributed by atoms with Crippen molar-refractivity contribution in [2.45, 2.75) is 46.6 Å². The molecule has 190 valence electrons. The lowest BCUT2D eigenvalue weighted by atomic mass is 9.84. The highest BCUT2D eigenvalue weighted by Crippen LogP contribution is 2.46. The Kier molecular flexibility index (Phi) is 6.41. The first kappa shape index (κ1) is 24.5. The van der Waals surface area contributed by atoms with Crippen LogP contribution in [0.3, 0.4) is 0 Å². The van der Waals surface area contributed by atoms with Crippen molar-refractivity contribution in [2.75, 3.05) is 19.1 Å². The van der Waals surface area contributed by atoms with Gasteiger partial charge in [0.2, 0.25) is 5.91 Å². The summed E-state index contributed by atoms with van der Waals surface area (Å²) >= 11 is 0. The Hall–Kier alpha value is -4.20. The van der Waals surface area contributed by atoms with E-state index < -0.39 is 0 Å². The van der Waals surface area contributed by atoms with Crippen molar-refractivity contribution in [3.8, 4) is 17.4 Å². The molecule has 1 aliphatic rings. The second kappa shape index (κ2) is 9.69. The highest BCUT2D eigenvalue weighted by Gasteiger charge is 2.39. The summed E-state index contributed by atoms with van der Waals surface area (Å²) in [5.41, 5.74) is 6.59. The Labute approximate surface area is 216 Å². The number of anilines is 1. The maximum atomic E-state index is 13.8. The van der Waals surface area contributed by atoms with Crippen LogP contribution in [-0.4, -0.2) is 39.9 Å². The molecule has 1 amide bonds. The first-order chi connectivity index (χ1) is 17.8. The fourth-order valence-electron chi connectivity index (χ4n) is 5.05. The molecule has 0 N–H and O–H groups in total. The normalized spacial score (nSPS) is 15.0. The summed E-state index contributed by atoms with van der Waals surface area (Å²) < 4.78 is 12.9. The van der Waals surface area contributed by atoms with Gasteiger partial charge in [0.25, 0.3) is 5.95 Å². The van der Waals surface area contributed by atoms with Crippen molar-refractivity contribution in [2.24, 2.45) is 0 Å². The third kappa shape index (κ3) is 4.55. The van der Waals surface area contributed by atoms with Crippen LogP contribution >= 0.6 is 0 Å². The van der Waals surface area contributed by atoms with Gasteiger partial charge in [0, 0.05) is 40.9 Å². The molecule has 2 aromatic heterocycles. The molecule has 0 saturated heterocycles. The van der Waals surface area contributed by atoms with E-state index in [9.17, 15) is 4.79 Å². The second-order valence-corrected chi connectivity index (χ2v) is 9.52. The van der Waals surface area contributed by atoms with Gasteiger partial charge in [0.05, 0.1) is 26.5 Å². The number of benzene rings is 2. The minimum atomic E-state index is -0.239. The second-order valence-electron chi connectivity index (χ2n) is 9.52. The van der Waals surface area contributed by atoms with Crippen LogP contribution in [0.1, 0.15) is 51.7 Å². The van der Waals surface area contributed by atoms with E-state index in [1.54, 1.807) is 18.9 Å². The number of amides is 1. The van der Waals surface area contributed by atoms with Crippen molar-refractivity contribution in [1.29, 1.82) is 0 Å². The zero-order valence-corrected chi connectivity index (χ0v) is 22.1. The Balaban J connectivity index is 1.71. The summed E-state index contributed by atoms with van der Waals surface area (Å²) in [6.45, 7) is 8.31. The molecule has 0 saturated carbocycles. The number of carbonyl (C=O) groups excluding carboxylic acids is 1. The van der Waals surface area contributed by atoms with Crippen LogP contribution in [0.4, 0.5) is 5.82 Å². The van der Waals surface area contributed by atoms with E-state index in [-0.39, 0.29) is 11.8 Å². The molecule has 0 bridgehead atoms. The van der Waals surface area contributed by atoms with Crippen molar-refractivity contribution in [1.82, 2.24) is 19.7 Å². The molecule has 8 nitrogen and oxygen atoms in total. The summed E-state index contributed by atoms with van der Waals surface area (Å²) in [6, 6.07) is 15.9. The summed E-state index contributed by atoms with van der Waals surface area (Å²) in [4.78, 5) is 25.0. The molecule has 5 rings (SSSR count). The van der Waals surface area contributed by atoms with Crippen LogP contribution in [0.15, 0.2) is 48.5 Å². The van der Waals surface area contributed by atoms with Gasteiger partial charge in [0.1, 0.15) is 17.3 Å². The number of fused-ring (bicyclic) bond motifs is 1. The number of methoxy groups -OCH3 is 2. The van der Waals surface area contributed by atoms with Gasteiger partial charge in [-0.2, -0.15) is 9.78 Å². The topological polar surface area (TPSA) is 82.4 Å². The van der Waals surface area contributed by atoms with Crippen LogP contribution in [0.25, 0.3) is 5.95 Å². The Morgan fingerprint density at radius 3 is 2.27 bits per heavy atom. The van der Waals surface area contributed by atoms with Crippen LogP contribution in [0, 0.1) is 27.7 Å². The monoisotopic (exact) mass is 497 g/mol. The van der Waals surface area contributed by atoms with Gasteiger partial charge in [-0.1, -0.05) is 35.9 Å². The summed E-state index contributed by atoms with van der Waals surface area (Å²) in [5.74, 6) is 2.27. The van der Waals surface area contributed by atoms with E-state index in [2.05, 4.69) is 41.2 Å². The number of nitrogens with zero attached hydrogens (tertiary/aromatic N) is 5. The van der Waals surface area contributed by atoms with Crippen LogP contribution < -0.4 is 14.4 Å². The van der Waals surface area contributed by atoms with Crippen LogP contribution in [0.2, 0.25) is 0 Å². The van der Waals surface area contributed by atoms with Crippen LogP contribution in [-0.2, 0) is 11.3 Å². The maximum Gasteiger partial charge on any atom is 0.252 e. The predicted molar refractivity (Wildman–Crippen MR) is 142 cm³/mol. The van der Waals surface area contributed by atoms with Crippen molar-refractivity contribution >= 4 is 11.7 Å². The SMILES string of the molecule is COc1ccc(C2CC(=O)N(Cc3ccc(C)cc3)c3c2c(C)nn3-c2nc(C)cc(C)n2)c(OC)c1. The zero-order chi connectivity index (χ0) is 26.3. The average Bonchev–Trinajstić information content (AvgIpc) is 3.23. The molecule has 0 aliphatic carbocycles. The minimum Gasteiger partial charge on any atom is -0.497 e. The van der Waals surface area contributed by atoms with Gasteiger partial charge >= 0.3 is 0 Å². The van der Waals surface area contributed by atoms with Gasteiger partial charge in [0.15, 0.2) is 0 Å². The lowest BCUT2D eigenvalue weighted by Crippen LogP contribution is -2.38. The standard InChI is InChI=1S/C29H31N5O3/c1-17-7-9-21(10-8-17)16-33-26(35)15-24(23-12-11-22(36-5)14-25(23)37-6)27-20(4)32-34(28(27)33)29-30-18(2)13-19(3)31-29/h7-14,24H,15-16H2,1-6H3. The lowest BCUT2D eigenvalue weighted by Gasteiger charge is -2.33. The molecule has 2 aromatic carbocycles. The number of hydrogen-bond donors (Lipinski definition) is 0. The minimum absolute atomic E-state index is 0.00136. The number of hydrogen-bond acceptors (Lipinski definition) is 6. The smallest absolute Gasteiger partial charge is 0.252 e. The molecule has 1 unspecified atom stereocenters. The molecule has 0 fully saturated rings. The van der Waals surface area contributed by atoms with E-state index >= 15 is 0 Å². The molecule has 1 aliphatic heterocycles. The van der Waals surface area contributed by atoms with Gasteiger partial charge in [-0.3, -0.25) is 9.69 Å². The number of aryl methyl sites for hydroxylation is 4. The number of aromatic nitrogens is 4. The summed E-state index contributed by atoms with van der Waals surface area (Å²) in [7, 11) is 3.25. The quantitative estimate of drug-likeness (QED) is 0.374. The molecule has 3 heterocycles. The number of rotatable bonds is 6. The number of carbonyl (C=O) groups is 1. The van der Waals surface area contributed by atoms with Gasteiger partial charge < -0.3 is 9.47 Å². The lowest BCUT2D eigenvalue weighted by molar-refractivity contribution is -0.119. The van der Waals surface area contributed by atoms with Gasteiger partial charge in [-0.05, 0) is 45.4 Å². The average molecular weight is 498 g/mol. The van der Waals surface area contributed by atoms with E-state index in [4.69, 9.17) is 14.6 Å². The largest absolute Gasteiger partial charge is 0.497 e. The molecule has 1 atom stereocenters. The van der Waals surface area contributed by atoms with E-state index in [0.717, 1.165) is 33.8 Å². The summed E-state index contributed by atoms with van der Waals surface area (Å²) in [6.07, 6.45) is 0.293. The Morgan fingerprint density at radius 1 is 0.919 bits per heavy atom. The zero-order valence-electron chi connectivity index (χ0n) is 22.1. The van der Waals surface area contributed by atoms with Gasteiger partial charge in [-0.15, -0.1) is 0 Å². The molecular formula is C29H31N5O3. The van der Waals surface area contributed by atoms with E-state index in [0.29, 0.717) is 36.2 Å². The molecule has 37 heavy (non-hydrogen) atoms. The fraction of sp³-hybridized carbons (Fsp3) is 0.310. The molecule has 0 spiro atoms. The van der Waals surface area contributed by atoms with E-state index in [1.165, 1.54) is 5.56 Å². The molecule has 8 heteroatoms. The Bertz CT molecular complexity index is 1460. The number of ether oxygens (including phenoxy) is 2. The highest BCUT2D eigenvalue weighted by molar-refractivity contribution is 5.97. The molecule has 0 radical (unpaired) electrons. The van der Waals surface area contributed by atoms with Crippen molar-refractivity contribution < 1.29 is 14.3 Å². The third-order valence-corrected chi connectivity index (χ3v) is 6.80. The summed E-state index contributed by atoms with van der Waals surface area (Å²) in [5, 5.41) is 4.88. The predicted octanol–water partition coefficient (Wildman–Crippen LogP) is 4.98. The van der Waals surface area contributed by atoms with E-state index in [1.807, 2.05) is 49.9 Å². The highest BCUT2D eigenvalue weighted by atomic mass is 16.5. The fourth-order valence-corrected chi connectivity index (χ4v) is 5.05. The first-order valence-electron chi connectivity index (χ1n) is 12.3. The third-order valence-electron chi connectivity index (χ3n) is 6.80. The Morgan fingerprint density at radius 2 is 1.62 bits per heavy atom. The molecular weight excluding hydrogens is 466 g/mol. The molecule has 4 aromatic rings. The first-order valence-corrected chi connectivity index (χ1v) is 12.3. The van der Waals surface area contributed by atoms with Crippen molar-refractivity contribution in [3.05, 3.63) is 87.9 Å². The van der Waals surface area contributed by atoms with Crippen LogP contribution in [0.5, 0.6) is 11.5 Å². The van der Waals surface area contributed by atoms with Crippen molar-refractivity contribution in [3.63, 3.8) is 0 Å².